The van der Waals surface area contributed by atoms with E-state index in [1.54, 1.807) is 0 Å². The van der Waals surface area contributed by atoms with Crippen LogP contribution in [0.4, 0.5) is 0 Å². The Hall–Kier alpha value is -1.18. The summed E-state index contributed by atoms with van der Waals surface area (Å²) in [4.78, 5) is 0. The van der Waals surface area contributed by atoms with Crippen LogP contribution in [0.25, 0.3) is 0 Å². The van der Waals surface area contributed by atoms with Gasteiger partial charge < -0.3 is 6.15 Å². The Morgan fingerprint density at radius 1 is 0.538 bits per heavy atom. The van der Waals surface area contributed by atoms with Gasteiger partial charge in [0.15, 0.2) is 0 Å². The molecule has 0 saturated heterocycles. The van der Waals surface area contributed by atoms with Gasteiger partial charge in [0.1, 0.15) is 0 Å². The van der Waals surface area contributed by atoms with Crippen molar-refractivity contribution >= 4 is 31.5 Å². The maximum Gasteiger partial charge on any atom is 0.308 e. The Kier molecular flexibility index (Phi) is 29.7. The summed E-state index contributed by atoms with van der Waals surface area (Å²) in [7, 11) is -7.83. The van der Waals surface area contributed by atoms with E-state index in [2.05, 4.69) is 0 Å². The first-order chi connectivity index (χ1) is 5.20. The molecule has 0 fully saturated rings. The fourth-order valence-electron chi connectivity index (χ4n) is 0. The van der Waals surface area contributed by atoms with Crippen molar-refractivity contribution in [3.63, 3.8) is 0 Å². The average molecular weight is 254 g/mol. The van der Waals surface area contributed by atoms with Crippen LogP contribution in [0, 0.1) is 14.3 Å². The number of rotatable bonds is 0. The van der Waals surface area contributed by atoms with E-state index in [0.717, 1.165) is 0 Å². The predicted molar refractivity (Wildman–Crippen MR) is 39.9 cm³/mol. The fraction of sp³-hybridized carbons (Fsp3) is 0. The SMILES string of the molecule is N.N=S(=O)=O.N=S(=O)=O.N=S(=O)=O. The summed E-state index contributed by atoms with van der Waals surface area (Å²) in [6, 6.07) is 0. The van der Waals surface area contributed by atoms with Crippen LogP contribution in [0.15, 0.2) is 0 Å². The first kappa shape index (κ1) is 22.6. The minimum atomic E-state index is -2.61. The smallest absolute Gasteiger partial charge is 0.308 e. The van der Waals surface area contributed by atoms with Crippen molar-refractivity contribution in [3.8, 4) is 0 Å². The largest absolute Gasteiger partial charge is 0.344 e. The molecule has 0 aliphatic carbocycles. The molecule has 13 heavy (non-hydrogen) atoms. The lowest BCUT2D eigenvalue weighted by Crippen LogP contribution is -1.34. The van der Waals surface area contributed by atoms with Gasteiger partial charge in [0.25, 0.3) is 0 Å². The molecule has 0 atom stereocenters. The highest BCUT2D eigenvalue weighted by molar-refractivity contribution is 7.60. The van der Waals surface area contributed by atoms with Gasteiger partial charge in [0, 0.05) is 0 Å². The second-order valence-electron chi connectivity index (χ2n) is 0.704. The second kappa shape index (κ2) is 17.1. The molecule has 10 nitrogen and oxygen atoms in total. The molecule has 0 bridgehead atoms. The molecule has 0 aliphatic heterocycles. The molecule has 0 aliphatic rings. The fourth-order valence-corrected chi connectivity index (χ4v) is 0. The lowest BCUT2D eigenvalue weighted by Gasteiger charge is -1.18. The van der Waals surface area contributed by atoms with Crippen LogP contribution in [0.5, 0.6) is 0 Å². The molecule has 0 spiro atoms. The maximum absolute atomic E-state index is 8.67. The molecule has 0 radical (unpaired) electrons. The van der Waals surface area contributed by atoms with E-state index in [-0.39, 0.29) is 6.15 Å². The molecule has 0 heterocycles. The minimum Gasteiger partial charge on any atom is -0.344 e. The zero-order valence-electron chi connectivity index (χ0n) is 5.88. The molecule has 0 aromatic heterocycles. The van der Waals surface area contributed by atoms with Crippen molar-refractivity contribution < 1.29 is 25.3 Å². The van der Waals surface area contributed by atoms with Gasteiger partial charge in [-0.25, -0.2) is 0 Å². The first-order valence-corrected chi connectivity index (χ1v) is 4.84. The number of hydrogen-bond acceptors (Lipinski definition) is 10. The Bertz CT molecular complexity index is 299. The summed E-state index contributed by atoms with van der Waals surface area (Å²) >= 11 is 0. The summed E-state index contributed by atoms with van der Waals surface area (Å²) in [5.74, 6) is 0. The Balaban J connectivity index is -0.0000000450. The van der Waals surface area contributed by atoms with E-state index in [1.165, 1.54) is 0 Å². The molecule has 80 valence electrons. The predicted octanol–water partition coefficient (Wildman–Crippen LogP) is -0.954. The van der Waals surface area contributed by atoms with E-state index < -0.39 is 31.5 Å². The van der Waals surface area contributed by atoms with Crippen molar-refractivity contribution in [2.24, 2.45) is 0 Å². The molecular weight excluding hydrogens is 248 g/mol. The molecule has 0 amide bonds. The van der Waals surface area contributed by atoms with E-state index in [1.807, 2.05) is 0 Å². The minimum absolute atomic E-state index is 0. The summed E-state index contributed by atoms with van der Waals surface area (Å²) in [5.41, 5.74) is 0. The zero-order valence-corrected chi connectivity index (χ0v) is 8.33. The quantitative estimate of drug-likeness (QED) is 0.424. The first-order valence-electron chi connectivity index (χ1n) is 1.61. The van der Waals surface area contributed by atoms with Crippen LogP contribution in [0.3, 0.4) is 0 Å². The van der Waals surface area contributed by atoms with Gasteiger partial charge in [0.05, 0.1) is 0 Å². The third kappa shape index (κ3) is 605. The molecule has 0 saturated carbocycles. The summed E-state index contributed by atoms with van der Waals surface area (Å²) in [6.45, 7) is 0. The Morgan fingerprint density at radius 2 is 0.538 bits per heavy atom. The zero-order chi connectivity index (χ0) is 10.7. The normalized spacial score (nSPS) is 5.54. The molecule has 0 unspecified atom stereocenters. The highest BCUT2D eigenvalue weighted by atomic mass is 32.2. The van der Waals surface area contributed by atoms with E-state index >= 15 is 0 Å². The van der Waals surface area contributed by atoms with Gasteiger partial charge in [0.2, 0.25) is 0 Å². The van der Waals surface area contributed by atoms with E-state index in [4.69, 9.17) is 39.6 Å². The standard InChI is InChI=1S/3HNO2S.H3N/c3*1-4(2)3;/h3*1H;1H3. The van der Waals surface area contributed by atoms with Gasteiger partial charge in [-0.2, -0.15) is 39.6 Å². The lowest BCUT2D eigenvalue weighted by molar-refractivity contribution is 0.618. The Labute approximate surface area is 77.7 Å². The van der Waals surface area contributed by atoms with Crippen LogP contribution in [-0.2, 0) is 31.5 Å². The maximum atomic E-state index is 8.67. The molecule has 0 aromatic carbocycles. The van der Waals surface area contributed by atoms with Gasteiger partial charge in [-0.1, -0.05) is 0 Å². The molecular formula is H6N4O6S3. The van der Waals surface area contributed by atoms with Crippen LogP contribution in [0.1, 0.15) is 0 Å². The summed E-state index contributed by atoms with van der Waals surface area (Å²) < 4.78 is 68.5. The lowest BCUT2D eigenvalue weighted by atomic mass is 14.0. The van der Waals surface area contributed by atoms with Crippen LogP contribution >= 0.6 is 0 Å². The van der Waals surface area contributed by atoms with Gasteiger partial charge in [-0.15, -0.1) is 0 Å². The molecule has 0 aromatic rings. The summed E-state index contributed by atoms with van der Waals surface area (Å²) in [5, 5.41) is 0. The van der Waals surface area contributed by atoms with Gasteiger partial charge in [-0.05, 0) is 0 Å². The highest BCUT2D eigenvalue weighted by Gasteiger charge is 1.32. The van der Waals surface area contributed by atoms with Crippen LogP contribution < -0.4 is 6.15 Å². The van der Waals surface area contributed by atoms with Gasteiger partial charge in [-0.3, -0.25) is 0 Å². The van der Waals surface area contributed by atoms with Crippen molar-refractivity contribution in [2.75, 3.05) is 0 Å². The van der Waals surface area contributed by atoms with Crippen molar-refractivity contribution in [2.45, 2.75) is 0 Å². The summed E-state index contributed by atoms with van der Waals surface area (Å²) in [6.07, 6.45) is 0. The second-order valence-corrected chi connectivity index (χ2v) is 2.11. The number of nitrogens with one attached hydrogen (secondary N) is 3. The van der Waals surface area contributed by atoms with E-state index in [0.29, 0.717) is 0 Å². The average Bonchev–Trinajstić information content (AvgIpc) is 1.54. The van der Waals surface area contributed by atoms with Gasteiger partial charge >= 0.3 is 31.5 Å². The number of hydrogen-bond donors (Lipinski definition) is 4. The van der Waals surface area contributed by atoms with Crippen molar-refractivity contribution in [3.05, 3.63) is 0 Å². The van der Waals surface area contributed by atoms with Crippen LogP contribution in [-0.4, -0.2) is 25.3 Å². The topological polar surface area (TPSA) is 209 Å². The Morgan fingerprint density at radius 3 is 0.538 bits per heavy atom. The molecule has 6 N–H and O–H groups in total. The molecule has 13 heteroatoms. The monoisotopic (exact) mass is 254 g/mol. The van der Waals surface area contributed by atoms with Crippen molar-refractivity contribution in [1.29, 1.82) is 14.3 Å². The van der Waals surface area contributed by atoms with E-state index in [9.17, 15) is 0 Å². The highest BCUT2D eigenvalue weighted by Crippen LogP contribution is 1.15. The molecule has 0 rings (SSSR count). The third-order valence-electron chi connectivity index (χ3n) is 0. The van der Waals surface area contributed by atoms with Crippen LogP contribution in [0.2, 0.25) is 0 Å². The third-order valence-corrected chi connectivity index (χ3v) is 0. The van der Waals surface area contributed by atoms with Crippen molar-refractivity contribution in [1.82, 2.24) is 6.15 Å².